The van der Waals surface area contributed by atoms with Gasteiger partial charge in [0.25, 0.3) is 0 Å². The van der Waals surface area contributed by atoms with Gasteiger partial charge in [0.05, 0.1) is 17.9 Å². The molecule has 0 aromatic carbocycles. The van der Waals surface area contributed by atoms with Crippen LogP contribution in [0.5, 0.6) is 0 Å². The zero-order chi connectivity index (χ0) is 15.8. The summed E-state index contributed by atoms with van der Waals surface area (Å²) in [5.74, 6) is -0.160. The Kier molecular flexibility index (Phi) is 4.69. The van der Waals surface area contributed by atoms with Gasteiger partial charge >= 0.3 is 5.97 Å². The molecule has 0 radical (unpaired) electrons. The fraction of sp³-hybridized carbons (Fsp3) is 0.933. The smallest absolute Gasteiger partial charge is 0.304 e. The summed E-state index contributed by atoms with van der Waals surface area (Å²) in [5, 5.41) is 9.09. The van der Waals surface area contributed by atoms with E-state index in [1.165, 1.54) is 6.42 Å². The number of hydrogen-bond acceptors (Lipinski definition) is 4. The lowest BCUT2D eigenvalue weighted by Crippen LogP contribution is -2.55. The molecule has 1 saturated carbocycles. The van der Waals surface area contributed by atoms with Crippen LogP contribution in [-0.2, 0) is 14.6 Å². The molecule has 0 amide bonds. The molecule has 122 valence electrons. The second-order valence-corrected chi connectivity index (χ2v) is 9.90. The van der Waals surface area contributed by atoms with Crippen molar-refractivity contribution in [2.75, 3.05) is 18.1 Å². The van der Waals surface area contributed by atoms with Crippen molar-refractivity contribution in [2.45, 2.75) is 58.5 Å². The summed E-state index contributed by atoms with van der Waals surface area (Å²) in [6.45, 7) is 7.22. The lowest BCUT2D eigenvalue weighted by molar-refractivity contribution is -0.138. The van der Waals surface area contributed by atoms with Crippen LogP contribution in [0, 0.1) is 11.3 Å². The van der Waals surface area contributed by atoms with Crippen LogP contribution >= 0.6 is 0 Å². The van der Waals surface area contributed by atoms with Gasteiger partial charge < -0.3 is 5.11 Å². The lowest BCUT2D eigenvalue weighted by atomic mass is 9.70. The van der Waals surface area contributed by atoms with Crippen molar-refractivity contribution in [1.82, 2.24) is 4.90 Å². The molecule has 6 heteroatoms. The molecule has 1 N–H and O–H groups in total. The average Bonchev–Trinajstić information content (AvgIpc) is 2.23. The number of nitrogens with zero attached hydrogens (tertiary/aromatic N) is 1. The fourth-order valence-corrected chi connectivity index (χ4v) is 5.86. The highest BCUT2D eigenvalue weighted by Gasteiger charge is 2.41. The molecule has 1 aliphatic heterocycles. The van der Waals surface area contributed by atoms with Crippen LogP contribution in [0.25, 0.3) is 0 Å². The fourth-order valence-electron chi connectivity index (χ4n) is 4.31. The summed E-state index contributed by atoms with van der Waals surface area (Å²) in [5.41, 5.74) is 0.242. The van der Waals surface area contributed by atoms with Gasteiger partial charge in [-0.15, -0.1) is 0 Å². The predicted octanol–water partition coefficient (Wildman–Crippen LogP) is 1.77. The Bertz CT molecular complexity index is 500. The van der Waals surface area contributed by atoms with Crippen molar-refractivity contribution in [1.29, 1.82) is 0 Å². The van der Waals surface area contributed by atoms with E-state index in [0.29, 0.717) is 18.5 Å². The van der Waals surface area contributed by atoms with Crippen molar-refractivity contribution in [3.63, 3.8) is 0 Å². The predicted molar refractivity (Wildman–Crippen MR) is 82.0 cm³/mol. The lowest BCUT2D eigenvalue weighted by Gasteiger charge is -2.47. The van der Waals surface area contributed by atoms with Crippen LogP contribution in [0.15, 0.2) is 0 Å². The van der Waals surface area contributed by atoms with Crippen LogP contribution in [0.2, 0.25) is 0 Å². The van der Waals surface area contributed by atoms with Crippen LogP contribution in [-0.4, -0.2) is 54.5 Å². The van der Waals surface area contributed by atoms with Crippen molar-refractivity contribution in [2.24, 2.45) is 11.3 Å². The van der Waals surface area contributed by atoms with E-state index in [1.807, 2.05) is 0 Å². The van der Waals surface area contributed by atoms with Gasteiger partial charge in [0, 0.05) is 18.6 Å². The highest BCUT2D eigenvalue weighted by atomic mass is 32.2. The number of carboxylic acids is 1. The van der Waals surface area contributed by atoms with Gasteiger partial charge in [-0.3, -0.25) is 9.69 Å². The number of aliphatic carboxylic acids is 1. The number of rotatable bonds is 3. The highest BCUT2D eigenvalue weighted by Crippen LogP contribution is 2.41. The largest absolute Gasteiger partial charge is 0.481 e. The first kappa shape index (κ1) is 16.7. The molecule has 2 fully saturated rings. The quantitative estimate of drug-likeness (QED) is 0.859. The van der Waals surface area contributed by atoms with E-state index in [4.69, 9.17) is 5.11 Å². The average molecular weight is 317 g/mol. The summed E-state index contributed by atoms with van der Waals surface area (Å²) >= 11 is 0. The molecule has 1 heterocycles. The zero-order valence-electron chi connectivity index (χ0n) is 13.2. The molecule has 1 saturated heterocycles. The topological polar surface area (TPSA) is 74.7 Å². The minimum atomic E-state index is -3.10. The number of carbonyl (C=O) groups is 1. The standard InChI is InChI=1S/C15H27NO4S/c1-11-6-12(9-15(2,3)8-11)16-4-5-21(19,20)10-13(16)7-14(17)18/h11-13H,4-10H2,1-3H3,(H,17,18). The number of hydrogen-bond donors (Lipinski definition) is 1. The highest BCUT2D eigenvalue weighted by molar-refractivity contribution is 7.91. The van der Waals surface area contributed by atoms with E-state index in [2.05, 4.69) is 25.7 Å². The SMILES string of the molecule is CC1CC(N2CCS(=O)(=O)CC2CC(=O)O)CC(C)(C)C1. The first-order valence-electron chi connectivity index (χ1n) is 7.76. The second-order valence-electron chi connectivity index (χ2n) is 7.67. The first-order chi connectivity index (χ1) is 9.58. The molecule has 3 unspecified atom stereocenters. The van der Waals surface area contributed by atoms with Gasteiger partial charge in [0.15, 0.2) is 9.84 Å². The minimum absolute atomic E-state index is 0.00932. The summed E-state index contributed by atoms with van der Waals surface area (Å²) < 4.78 is 23.7. The Morgan fingerprint density at radius 3 is 2.57 bits per heavy atom. The molecule has 0 aromatic rings. The Morgan fingerprint density at radius 1 is 1.33 bits per heavy atom. The second kappa shape index (κ2) is 5.88. The van der Waals surface area contributed by atoms with E-state index in [-0.39, 0.29) is 29.4 Å². The third kappa shape index (κ3) is 4.42. The first-order valence-corrected chi connectivity index (χ1v) is 9.58. The van der Waals surface area contributed by atoms with Crippen molar-refractivity contribution in [3.8, 4) is 0 Å². The minimum Gasteiger partial charge on any atom is -0.481 e. The maximum atomic E-state index is 11.8. The Hall–Kier alpha value is -0.620. The van der Waals surface area contributed by atoms with Gasteiger partial charge in [-0.25, -0.2) is 8.42 Å². The van der Waals surface area contributed by atoms with Crippen LogP contribution in [0.3, 0.4) is 0 Å². The number of sulfone groups is 1. The van der Waals surface area contributed by atoms with Gasteiger partial charge in [-0.2, -0.15) is 0 Å². The molecule has 0 bridgehead atoms. The van der Waals surface area contributed by atoms with Gasteiger partial charge in [0.2, 0.25) is 0 Å². The van der Waals surface area contributed by atoms with E-state index >= 15 is 0 Å². The molecule has 0 spiro atoms. The van der Waals surface area contributed by atoms with Crippen LogP contribution in [0.1, 0.15) is 46.5 Å². The maximum Gasteiger partial charge on any atom is 0.304 e. The molecular weight excluding hydrogens is 290 g/mol. The molecule has 2 rings (SSSR count). The summed E-state index contributed by atoms with van der Waals surface area (Å²) in [6.07, 6.45) is 3.16. The van der Waals surface area contributed by atoms with Crippen LogP contribution < -0.4 is 0 Å². The Morgan fingerprint density at radius 2 is 2.00 bits per heavy atom. The summed E-state index contributed by atoms with van der Waals surface area (Å²) in [6, 6.07) is -0.0593. The molecule has 3 atom stereocenters. The van der Waals surface area contributed by atoms with Crippen molar-refractivity contribution in [3.05, 3.63) is 0 Å². The summed E-state index contributed by atoms with van der Waals surface area (Å²) in [7, 11) is -3.10. The third-order valence-electron chi connectivity index (χ3n) is 4.82. The molecule has 5 nitrogen and oxygen atoms in total. The Balaban J connectivity index is 2.17. The van der Waals surface area contributed by atoms with Crippen LogP contribution in [0.4, 0.5) is 0 Å². The summed E-state index contributed by atoms with van der Waals surface area (Å²) in [4.78, 5) is 13.3. The third-order valence-corrected chi connectivity index (χ3v) is 6.52. The number of carboxylic acid groups (broad SMARTS) is 1. The molecule has 21 heavy (non-hydrogen) atoms. The van der Waals surface area contributed by atoms with E-state index in [1.54, 1.807) is 0 Å². The normalized spacial score (nSPS) is 36.2. The molecule has 0 aromatic heterocycles. The van der Waals surface area contributed by atoms with E-state index in [0.717, 1.165) is 12.8 Å². The zero-order valence-corrected chi connectivity index (χ0v) is 14.0. The van der Waals surface area contributed by atoms with Gasteiger partial charge in [-0.1, -0.05) is 20.8 Å². The van der Waals surface area contributed by atoms with Gasteiger partial charge in [-0.05, 0) is 30.6 Å². The van der Waals surface area contributed by atoms with Crippen molar-refractivity contribution < 1.29 is 18.3 Å². The molecular formula is C15H27NO4S. The maximum absolute atomic E-state index is 11.8. The monoisotopic (exact) mass is 317 g/mol. The van der Waals surface area contributed by atoms with E-state index in [9.17, 15) is 13.2 Å². The van der Waals surface area contributed by atoms with E-state index < -0.39 is 15.8 Å². The molecule has 2 aliphatic rings. The van der Waals surface area contributed by atoms with Crippen molar-refractivity contribution >= 4 is 15.8 Å². The Labute approximate surface area is 127 Å². The van der Waals surface area contributed by atoms with Gasteiger partial charge in [0.1, 0.15) is 0 Å². The molecule has 1 aliphatic carbocycles.